The zero-order chi connectivity index (χ0) is 26.3. The molecule has 0 amide bonds. The Hall–Kier alpha value is -3.76. The van der Waals surface area contributed by atoms with E-state index in [1.54, 1.807) is 18.5 Å². The van der Waals surface area contributed by atoms with Gasteiger partial charge in [-0.2, -0.15) is 0 Å². The second-order valence-corrected chi connectivity index (χ2v) is 11.4. The fourth-order valence-corrected chi connectivity index (χ4v) is 6.01. The van der Waals surface area contributed by atoms with Crippen molar-refractivity contribution in [2.75, 3.05) is 15.9 Å². The molecule has 190 valence electrons. The quantitative estimate of drug-likeness (QED) is 0.347. The van der Waals surface area contributed by atoms with Gasteiger partial charge in [-0.3, -0.25) is 14.7 Å². The maximum Gasteiger partial charge on any atom is 0.229 e. The molecule has 0 bridgehead atoms. The molecule has 0 spiro atoms. The van der Waals surface area contributed by atoms with Crippen LogP contribution in [0.4, 0.5) is 11.4 Å². The third-order valence-corrected chi connectivity index (χ3v) is 7.48. The number of benzene rings is 1. The Labute approximate surface area is 222 Å². The van der Waals surface area contributed by atoms with E-state index in [9.17, 15) is 8.42 Å². The van der Waals surface area contributed by atoms with Gasteiger partial charge in [-0.15, -0.1) is 0 Å². The first-order valence-electron chi connectivity index (χ1n) is 11.8. The summed E-state index contributed by atoms with van der Waals surface area (Å²) in [5.74, 6) is 0. The molecule has 8 nitrogen and oxygen atoms in total. The van der Waals surface area contributed by atoms with E-state index < -0.39 is 10.0 Å². The van der Waals surface area contributed by atoms with E-state index >= 15 is 0 Å². The first kappa shape index (κ1) is 24.9. The highest BCUT2D eigenvalue weighted by Crippen LogP contribution is 2.44. The molecule has 5 rings (SSSR count). The third-order valence-electron chi connectivity index (χ3n) is 6.57. The molecular formula is C27H28N6O2S2. The Bertz CT molecular complexity index is 1570. The molecule has 1 aromatic carbocycles. The summed E-state index contributed by atoms with van der Waals surface area (Å²) < 4.78 is 28.4. The Morgan fingerprint density at radius 2 is 1.81 bits per heavy atom. The zero-order valence-electron chi connectivity index (χ0n) is 21.0. The molecule has 0 unspecified atom stereocenters. The second-order valence-electron chi connectivity index (χ2n) is 9.24. The number of nitrogens with zero attached hydrogens (tertiary/aromatic N) is 4. The molecule has 0 saturated carbocycles. The lowest BCUT2D eigenvalue weighted by molar-refractivity contribution is 0.565. The number of anilines is 2. The molecule has 3 aromatic heterocycles. The van der Waals surface area contributed by atoms with Crippen molar-refractivity contribution in [3.63, 3.8) is 0 Å². The van der Waals surface area contributed by atoms with Crippen LogP contribution in [0.2, 0.25) is 0 Å². The van der Waals surface area contributed by atoms with Crippen molar-refractivity contribution in [1.82, 2.24) is 19.9 Å². The van der Waals surface area contributed by atoms with Crippen molar-refractivity contribution in [2.45, 2.75) is 32.9 Å². The minimum Gasteiger partial charge on any atom is -0.351 e. The van der Waals surface area contributed by atoms with Gasteiger partial charge in [-0.1, -0.05) is 6.07 Å². The fraction of sp³-hybridized carbons (Fsp3) is 0.222. The van der Waals surface area contributed by atoms with Crippen molar-refractivity contribution in [3.05, 3.63) is 101 Å². The van der Waals surface area contributed by atoms with Gasteiger partial charge >= 0.3 is 0 Å². The number of nitrogens with one attached hydrogen (secondary N) is 2. The SMILES string of the molecule is Cc1cc(N2C(=S)N[C@@H](c3ccccn3)[C@H]2c2cc(C)n(-c3cccnc3)c2C)ccc1NS(C)(=O)=O. The van der Waals surface area contributed by atoms with Gasteiger partial charge in [0.05, 0.1) is 41.6 Å². The molecule has 1 fully saturated rings. The van der Waals surface area contributed by atoms with E-state index in [-0.39, 0.29) is 12.1 Å². The minimum absolute atomic E-state index is 0.188. The summed E-state index contributed by atoms with van der Waals surface area (Å²) >= 11 is 5.88. The highest BCUT2D eigenvalue weighted by molar-refractivity contribution is 7.92. The molecule has 10 heteroatoms. The number of hydrogen-bond donors (Lipinski definition) is 2. The van der Waals surface area contributed by atoms with Crippen LogP contribution < -0.4 is 14.9 Å². The maximum atomic E-state index is 11.8. The van der Waals surface area contributed by atoms with Crippen molar-refractivity contribution in [2.24, 2.45) is 0 Å². The predicted octanol–water partition coefficient (Wildman–Crippen LogP) is 4.74. The molecule has 1 saturated heterocycles. The topological polar surface area (TPSA) is 92.2 Å². The smallest absolute Gasteiger partial charge is 0.229 e. The molecule has 1 aliphatic rings. The van der Waals surface area contributed by atoms with Crippen LogP contribution >= 0.6 is 12.2 Å². The summed E-state index contributed by atoms with van der Waals surface area (Å²) in [4.78, 5) is 11.1. The van der Waals surface area contributed by atoms with Gasteiger partial charge in [0.25, 0.3) is 0 Å². The molecule has 4 aromatic rings. The number of sulfonamides is 1. The van der Waals surface area contributed by atoms with Crippen LogP contribution in [0.15, 0.2) is 73.2 Å². The van der Waals surface area contributed by atoms with Crippen molar-refractivity contribution in [3.8, 4) is 5.69 Å². The average molecular weight is 533 g/mol. The van der Waals surface area contributed by atoms with Crippen molar-refractivity contribution in [1.29, 1.82) is 0 Å². The summed E-state index contributed by atoms with van der Waals surface area (Å²) in [6.07, 6.45) is 6.55. The van der Waals surface area contributed by atoms with Gasteiger partial charge in [-0.05, 0) is 92.6 Å². The molecule has 0 aliphatic carbocycles. The van der Waals surface area contributed by atoms with Crippen LogP contribution in [0.1, 0.15) is 40.3 Å². The van der Waals surface area contributed by atoms with Gasteiger partial charge in [0.15, 0.2) is 5.11 Å². The van der Waals surface area contributed by atoms with E-state index in [0.29, 0.717) is 10.8 Å². The second kappa shape index (κ2) is 9.60. The number of hydrogen-bond acceptors (Lipinski definition) is 5. The molecule has 0 radical (unpaired) electrons. The number of rotatable bonds is 6. The van der Waals surface area contributed by atoms with Crippen LogP contribution in [-0.4, -0.2) is 34.3 Å². The molecule has 2 atom stereocenters. The fourth-order valence-electron chi connectivity index (χ4n) is 5.03. The van der Waals surface area contributed by atoms with Crippen molar-refractivity contribution >= 4 is 38.7 Å². The highest BCUT2D eigenvalue weighted by Gasteiger charge is 2.42. The molecule has 2 N–H and O–H groups in total. The van der Waals surface area contributed by atoms with Crippen LogP contribution in [0.3, 0.4) is 0 Å². The Kier molecular flexibility index (Phi) is 6.47. The van der Waals surface area contributed by atoms with Gasteiger partial charge in [0.1, 0.15) is 0 Å². The van der Waals surface area contributed by atoms with Gasteiger partial charge < -0.3 is 14.8 Å². The molecular weight excluding hydrogens is 504 g/mol. The summed E-state index contributed by atoms with van der Waals surface area (Å²) in [6.45, 7) is 6.07. The Morgan fingerprint density at radius 3 is 2.46 bits per heavy atom. The lowest BCUT2D eigenvalue weighted by Crippen LogP contribution is -2.29. The van der Waals surface area contributed by atoms with Gasteiger partial charge in [0, 0.05) is 29.5 Å². The van der Waals surface area contributed by atoms with Crippen LogP contribution in [0.5, 0.6) is 0 Å². The first-order chi connectivity index (χ1) is 17.6. The monoisotopic (exact) mass is 532 g/mol. The summed E-state index contributed by atoms with van der Waals surface area (Å²) in [6, 6.07) is 17.3. The van der Waals surface area contributed by atoms with Crippen molar-refractivity contribution < 1.29 is 8.42 Å². The average Bonchev–Trinajstić information content (AvgIpc) is 3.35. The van der Waals surface area contributed by atoms with Gasteiger partial charge in [-0.25, -0.2) is 8.42 Å². The third kappa shape index (κ3) is 4.82. The lowest BCUT2D eigenvalue weighted by atomic mass is 9.96. The summed E-state index contributed by atoms with van der Waals surface area (Å²) in [5.41, 5.74) is 7.36. The first-order valence-corrected chi connectivity index (χ1v) is 14.1. The lowest BCUT2D eigenvalue weighted by Gasteiger charge is -2.29. The molecule has 37 heavy (non-hydrogen) atoms. The van der Waals surface area contributed by atoms with E-state index in [1.807, 2.05) is 55.6 Å². The van der Waals surface area contributed by atoms with E-state index in [1.165, 1.54) is 0 Å². The number of aromatic nitrogens is 3. The van der Waals surface area contributed by atoms with Crippen LogP contribution in [0, 0.1) is 20.8 Å². The number of pyridine rings is 2. The van der Waals surface area contributed by atoms with Crippen LogP contribution in [0.25, 0.3) is 5.69 Å². The minimum atomic E-state index is -3.39. The van der Waals surface area contributed by atoms with Gasteiger partial charge in [0.2, 0.25) is 10.0 Å². The number of aryl methyl sites for hydroxylation is 2. The summed E-state index contributed by atoms with van der Waals surface area (Å²) in [5, 5.41) is 4.08. The Balaban J connectivity index is 1.65. The Morgan fingerprint density at radius 1 is 1.00 bits per heavy atom. The maximum absolute atomic E-state index is 11.8. The molecule has 4 heterocycles. The van der Waals surface area contributed by atoms with E-state index in [2.05, 4.69) is 49.4 Å². The van der Waals surface area contributed by atoms with Crippen LogP contribution in [-0.2, 0) is 10.0 Å². The predicted molar refractivity (Wildman–Crippen MR) is 151 cm³/mol. The molecule has 1 aliphatic heterocycles. The van der Waals surface area contributed by atoms with E-state index in [4.69, 9.17) is 12.2 Å². The number of thiocarbonyl (C=S) groups is 1. The standard InChI is InChI=1S/C27H28N6O2S2/c1-17-14-20(10-11-23(17)31-37(4,34)35)33-26(25(30-27(33)36)24-9-5-6-13-29-24)22-15-18(2)32(19(22)3)21-8-7-12-28-16-21/h5-16,25-26,31H,1-4H3,(H,30,36)/t25-,26+/m0/s1. The normalized spacial score (nSPS) is 17.6. The summed E-state index contributed by atoms with van der Waals surface area (Å²) in [7, 11) is -3.39. The largest absolute Gasteiger partial charge is 0.351 e. The zero-order valence-corrected chi connectivity index (χ0v) is 22.6. The highest BCUT2D eigenvalue weighted by atomic mass is 32.2. The van der Waals surface area contributed by atoms with E-state index in [0.717, 1.165) is 45.8 Å².